The van der Waals surface area contributed by atoms with E-state index in [1.165, 1.54) is 0 Å². The average molecular weight is 249 g/mol. The summed E-state index contributed by atoms with van der Waals surface area (Å²) in [6.45, 7) is 0. The van der Waals surface area contributed by atoms with Crippen molar-refractivity contribution in [2.45, 2.75) is 24.4 Å². The van der Waals surface area contributed by atoms with Crippen molar-refractivity contribution in [2.75, 3.05) is 0 Å². The monoisotopic (exact) mass is 249 g/mol. The molecule has 0 rings (SSSR count). The molecule has 0 saturated heterocycles. The van der Waals surface area contributed by atoms with Crippen LogP contribution in [-0.4, -0.2) is 118 Å². The molecule has 0 amide bonds. The topological polar surface area (TPSA) is 156 Å². The SMILES string of the molecule is O=C(O)[C@@H](O)[C@@H](O)[C@H](O)[C@@H](O)C(=O)O.[K]. The molecule has 0 aromatic heterocycles. The Morgan fingerprint density at radius 1 is 0.733 bits per heavy atom. The Bertz CT molecular complexity index is 207. The summed E-state index contributed by atoms with van der Waals surface area (Å²) < 4.78 is 0. The average Bonchev–Trinajstić information content (AvgIpc) is 2.12. The molecule has 0 fully saturated rings. The van der Waals surface area contributed by atoms with E-state index in [-0.39, 0.29) is 51.4 Å². The maximum atomic E-state index is 10.1. The first-order valence-corrected chi connectivity index (χ1v) is 3.47. The molecule has 9 heteroatoms. The van der Waals surface area contributed by atoms with E-state index in [2.05, 4.69) is 0 Å². The third kappa shape index (κ3) is 5.33. The van der Waals surface area contributed by atoms with Crippen molar-refractivity contribution in [2.24, 2.45) is 0 Å². The van der Waals surface area contributed by atoms with Crippen molar-refractivity contribution < 1.29 is 40.2 Å². The molecule has 8 nitrogen and oxygen atoms in total. The van der Waals surface area contributed by atoms with Crippen LogP contribution in [0.25, 0.3) is 0 Å². The summed E-state index contributed by atoms with van der Waals surface area (Å²) in [5, 5.41) is 51.5. The number of carbonyl (C=O) groups is 2. The summed E-state index contributed by atoms with van der Waals surface area (Å²) in [7, 11) is 0. The first-order valence-electron chi connectivity index (χ1n) is 3.47. The standard InChI is InChI=1S/C6H10O8.K/c7-1(3(9)5(11)12)2(8)4(10)6(13)14;/h1-4,7-10H,(H,11,12)(H,13,14);/t1-,2-,3-,4+;/m0./s1. The summed E-state index contributed by atoms with van der Waals surface area (Å²) in [6.07, 6.45) is -9.28. The van der Waals surface area contributed by atoms with Gasteiger partial charge in [-0.3, -0.25) is 0 Å². The van der Waals surface area contributed by atoms with Gasteiger partial charge >= 0.3 is 11.9 Å². The molecule has 1 radical (unpaired) electrons. The van der Waals surface area contributed by atoms with Gasteiger partial charge in [-0.25, -0.2) is 9.59 Å². The van der Waals surface area contributed by atoms with Gasteiger partial charge in [-0.2, -0.15) is 0 Å². The number of carboxylic acid groups (broad SMARTS) is 2. The van der Waals surface area contributed by atoms with E-state index in [4.69, 9.17) is 30.6 Å². The van der Waals surface area contributed by atoms with E-state index < -0.39 is 36.4 Å². The Balaban J connectivity index is 0. The minimum Gasteiger partial charge on any atom is -0.479 e. The fourth-order valence-corrected chi connectivity index (χ4v) is 0.666. The van der Waals surface area contributed by atoms with Crippen molar-refractivity contribution in [1.29, 1.82) is 0 Å². The Labute approximate surface area is 127 Å². The third-order valence-corrected chi connectivity index (χ3v) is 1.50. The number of aliphatic hydroxyl groups excluding tert-OH is 4. The van der Waals surface area contributed by atoms with Crippen LogP contribution >= 0.6 is 0 Å². The number of hydrogen-bond acceptors (Lipinski definition) is 6. The summed E-state index contributed by atoms with van der Waals surface area (Å²) >= 11 is 0. The number of aliphatic carboxylic acids is 2. The quantitative estimate of drug-likeness (QED) is 0.271. The predicted octanol–water partition coefficient (Wildman–Crippen LogP) is -3.78. The van der Waals surface area contributed by atoms with Crippen molar-refractivity contribution in [3.63, 3.8) is 0 Å². The van der Waals surface area contributed by atoms with Crippen molar-refractivity contribution in [3.05, 3.63) is 0 Å². The van der Waals surface area contributed by atoms with Crippen LogP contribution in [-0.2, 0) is 9.59 Å². The molecule has 0 heterocycles. The maximum Gasteiger partial charge on any atom is 0.335 e. The molecule has 0 aliphatic rings. The summed E-state index contributed by atoms with van der Waals surface area (Å²) in [6, 6.07) is 0. The van der Waals surface area contributed by atoms with Crippen LogP contribution in [0.4, 0.5) is 0 Å². The van der Waals surface area contributed by atoms with Crippen LogP contribution < -0.4 is 0 Å². The van der Waals surface area contributed by atoms with Gasteiger partial charge in [0.05, 0.1) is 0 Å². The molecule has 0 bridgehead atoms. The van der Waals surface area contributed by atoms with Crippen LogP contribution in [0.2, 0.25) is 0 Å². The summed E-state index contributed by atoms with van der Waals surface area (Å²) in [5.41, 5.74) is 0. The smallest absolute Gasteiger partial charge is 0.335 e. The van der Waals surface area contributed by atoms with Gasteiger partial charge in [0.2, 0.25) is 0 Å². The van der Waals surface area contributed by atoms with E-state index in [0.717, 1.165) is 0 Å². The molecular weight excluding hydrogens is 239 g/mol. The normalized spacial score (nSPS) is 18.1. The Morgan fingerprint density at radius 2 is 0.933 bits per heavy atom. The van der Waals surface area contributed by atoms with Crippen LogP contribution in [0.3, 0.4) is 0 Å². The van der Waals surface area contributed by atoms with E-state index in [9.17, 15) is 9.59 Å². The molecule has 0 spiro atoms. The molecule has 15 heavy (non-hydrogen) atoms. The number of rotatable bonds is 5. The minimum atomic E-state index is -2.36. The second-order valence-corrected chi connectivity index (χ2v) is 2.55. The molecule has 0 aromatic carbocycles. The first-order chi connectivity index (χ1) is 6.29. The fourth-order valence-electron chi connectivity index (χ4n) is 0.666. The Hall–Kier alpha value is 0.416. The molecule has 4 atom stereocenters. The molecule has 0 aliphatic heterocycles. The van der Waals surface area contributed by atoms with Gasteiger partial charge in [-0.1, -0.05) is 0 Å². The second-order valence-electron chi connectivity index (χ2n) is 2.55. The second kappa shape index (κ2) is 7.65. The van der Waals surface area contributed by atoms with Gasteiger partial charge in [0, 0.05) is 51.4 Å². The summed E-state index contributed by atoms with van der Waals surface area (Å²) in [4.78, 5) is 20.2. The van der Waals surface area contributed by atoms with Crippen LogP contribution in [0.15, 0.2) is 0 Å². The van der Waals surface area contributed by atoms with Gasteiger partial charge in [0.25, 0.3) is 0 Å². The molecular formula is C6H10KO8. The molecule has 6 N–H and O–H groups in total. The fraction of sp³-hybridized carbons (Fsp3) is 0.667. The number of carboxylic acids is 2. The van der Waals surface area contributed by atoms with E-state index >= 15 is 0 Å². The predicted molar refractivity (Wildman–Crippen MR) is 45.1 cm³/mol. The Morgan fingerprint density at radius 3 is 1.07 bits per heavy atom. The Kier molecular flexibility index (Phi) is 9.08. The van der Waals surface area contributed by atoms with Crippen LogP contribution in [0.5, 0.6) is 0 Å². The summed E-state index contributed by atoms with van der Waals surface area (Å²) in [5.74, 6) is -3.68. The molecule has 0 unspecified atom stereocenters. The molecule has 83 valence electrons. The van der Waals surface area contributed by atoms with Gasteiger partial charge in [0.15, 0.2) is 12.2 Å². The van der Waals surface area contributed by atoms with Gasteiger partial charge in [0.1, 0.15) is 12.2 Å². The van der Waals surface area contributed by atoms with Crippen molar-refractivity contribution >= 4 is 63.3 Å². The first kappa shape index (κ1) is 17.8. The van der Waals surface area contributed by atoms with Gasteiger partial charge in [-0.15, -0.1) is 0 Å². The minimum absolute atomic E-state index is 0. The van der Waals surface area contributed by atoms with Crippen LogP contribution in [0, 0.1) is 0 Å². The van der Waals surface area contributed by atoms with Crippen LogP contribution in [0.1, 0.15) is 0 Å². The van der Waals surface area contributed by atoms with E-state index in [1.807, 2.05) is 0 Å². The van der Waals surface area contributed by atoms with E-state index in [1.54, 1.807) is 0 Å². The molecule has 0 aromatic rings. The van der Waals surface area contributed by atoms with Gasteiger partial charge < -0.3 is 30.6 Å². The van der Waals surface area contributed by atoms with Crippen molar-refractivity contribution in [1.82, 2.24) is 0 Å². The number of hydrogen-bond donors (Lipinski definition) is 6. The zero-order chi connectivity index (χ0) is 11.5. The molecule has 0 saturated carbocycles. The van der Waals surface area contributed by atoms with E-state index in [0.29, 0.717) is 0 Å². The third-order valence-electron chi connectivity index (χ3n) is 1.50. The maximum absolute atomic E-state index is 10.1. The zero-order valence-corrected chi connectivity index (χ0v) is 10.9. The van der Waals surface area contributed by atoms with Crippen molar-refractivity contribution in [3.8, 4) is 0 Å². The molecule has 0 aliphatic carbocycles. The zero-order valence-electron chi connectivity index (χ0n) is 7.81. The number of aliphatic hydroxyl groups is 4. The largest absolute Gasteiger partial charge is 0.479 e. The van der Waals surface area contributed by atoms with Gasteiger partial charge in [-0.05, 0) is 0 Å².